The van der Waals surface area contributed by atoms with Crippen LogP contribution < -0.4 is 4.80 Å². The first-order chi connectivity index (χ1) is 13.8. The highest BCUT2D eigenvalue weighted by Crippen LogP contribution is 2.24. The van der Waals surface area contributed by atoms with Gasteiger partial charge >= 0.3 is 5.88 Å². The number of benzene rings is 1. The third-order valence-electron chi connectivity index (χ3n) is 3.62. The third kappa shape index (κ3) is 4.71. The molecule has 0 radical (unpaired) electrons. The van der Waals surface area contributed by atoms with Gasteiger partial charge in [-0.25, -0.2) is 4.68 Å². The van der Waals surface area contributed by atoms with Crippen LogP contribution in [0.5, 0.6) is 0 Å². The van der Waals surface area contributed by atoms with Gasteiger partial charge in [-0.15, -0.1) is 11.3 Å². The second-order valence-corrected chi connectivity index (χ2v) is 6.81. The minimum atomic E-state index is -0.642. The van der Waals surface area contributed by atoms with E-state index in [2.05, 4.69) is 16.7 Å². The lowest BCUT2D eigenvalue weighted by molar-refractivity contribution is -0.402. The van der Waals surface area contributed by atoms with Crippen LogP contribution in [-0.2, 0) is 0 Å². The van der Waals surface area contributed by atoms with Crippen molar-refractivity contribution in [1.82, 2.24) is 4.68 Å². The van der Waals surface area contributed by atoms with Crippen LogP contribution in [-0.4, -0.2) is 27.3 Å². The quantitative estimate of drug-likeness (QED) is 0.250. The number of nitro benzene ring substituents is 1. The summed E-state index contributed by atoms with van der Waals surface area (Å²) in [5.41, 5.74) is 1.96. The summed E-state index contributed by atoms with van der Waals surface area (Å²) in [6.45, 7) is 6.05. The third-order valence-corrected chi connectivity index (χ3v) is 4.47. The van der Waals surface area contributed by atoms with Gasteiger partial charge in [0.05, 0.1) is 29.4 Å². The van der Waals surface area contributed by atoms with E-state index in [0.29, 0.717) is 22.6 Å². The summed E-state index contributed by atoms with van der Waals surface area (Å²) >= 11 is 1.31. The molecular weight excluding hydrogens is 398 g/mol. The fourth-order valence-electron chi connectivity index (χ4n) is 2.32. The van der Waals surface area contributed by atoms with Gasteiger partial charge in [-0.3, -0.25) is 25.2 Å². The van der Waals surface area contributed by atoms with Crippen LogP contribution in [0.3, 0.4) is 0 Å². The standard InChI is InChI=1S/C18H15N5O5S/c1-12(2)9-19-18-21(20-10-15-6-7-17(28-15)23(26)27)16(11-29-18)13-4-3-5-14(8-13)22(24)25/h3-8,10-11H,1,9H2,2H3. The van der Waals surface area contributed by atoms with Crippen molar-refractivity contribution >= 4 is 29.1 Å². The van der Waals surface area contributed by atoms with E-state index >= 15 is 0 Å². The maximum absolute atomic E-state index is 11.1. The lowest BCUT2D eigenvalue weighted by Gasteiger charge is -2.03. The number of hydrogen-bond acceptors (Lipinski definition) is 8. The molecule has 3 rings (SSSR count). The lowest BCUT2D eigenvalue weighted by Crippen LogP contribution is -2.13. The molecule has 0 atom stereocenters. The van der Waals surface area contributed by atoms with Gasteiger partial charge < -0.3 is 4.42 Å². The molecule has 0 spiro atoms. The Kier molecular flexibility index (Phi) is 5.79. The van der Waals surface area contributed by atoms with Crippen LogP contribution in [0, 0.1) is 20.2 Å². The minimum Gasteiger partial charge on any atom is -0.400 e. The summed E-state index contributed by atoms with van der Waals surface area (Å²) in [5, 5.41) is 28.0. The van der Waals surface area contributed by atoms with E-state index < -0.39 is 15.7 Å². The molecule has 0 unspecified atom stereocenters. The summed E-state index contributed by atoms with van der Waals surface area (Å²) in [4.78, 5) is 25.7. The molecule has 0 N–H and O–H groups in total. The van der Waals surface area contributed by atoms with Crippen LogP contribution in [0.15, 0.2) is 68.4 Å². The average Bonchev–Trinajstić information content (AvgIpc) is 3.31. The molecule has 148 valence electrons. The highest BCUT2D eigenvalue weighted by Gasteiger charge is 2.13. The van der Waals surface area contributed by atoms with Gasteiger partial charge in [0.2, 0.25) is 4.80 Å². The van der Waals surface area contributed by atoms with Crippen LogP contribution in [0.1, 0.15) is 12.7 Å². The molecule has 0 saturated carbocycles. The number of nitrogens with zero attached hydrogens (tertiary/aromatic N) is 5. The van der Waals surface area contributed by atoms with Gasteiger partial charge in [-0.05, 0) is 13.0 Å². The molecule has 1 aromatic carbocycles. The van der Waals surface area contributed by atoms with E-state index in [1.165, 1.54) is 46.5 Å². The second-order valence-electron chi connectivity index (χ2n) is 5.97. The molecule has 3 aromatic rings. The maximum Gasteiger partial charge on any atom is 0.433 e. The second kappa shape index (κ2) is 8.44. The average molecular weight is 413 g/mol. The molecule has 0 amide bonds. The zero-order valence-corrected chi connectivity index (χ0v) is 16.0. The largest absolute Gasteiger partial charge is 0.433 e. The molecule has 2 heterocycles. The van der Waals surface area contributed by atoms with Crippen molar-refractivity contribution in [2.75, 3.05) is 6.54 Å². The van der Waals surface area contributed by atoms with Gasteiger partial charge in [0, 0.05) is 23.1 Å². The van der Waals surface area contributed by atoms with Crippen LogP contribution in [0.25, 0.3) is 11.3 Å². The number of rotatable bonds is 7. The fourth-order valence-corrected chi connectivity index (χ4v) is 3.16. The highest BCUT2D eigenvalue weighted by atomic mass is 32.1. The van der Waals surface area contributed by atoms with E-state index in [1.54, 1.807) is 17.5 Å². The highest BCUT2D eigenvalue weighted by molar-refractivity contribution is 7.07. The normalized spacial score (nSPS) is 11.8. The summed E-state index contributed by atoms with van der Waals surface area (Å²) in [6, 6.07) is 8.80. The molecular formula is C18H15N5O5S. The monoisotopic (exact) mass is 413 g/mol. The molecule has 29 heavy (non-hydrogen) atoms. The Morgan fingerprint density at radius 1 is 1.28 bits per heavy atom. The van der Waals surface area contributed by atoms with Crippen LogP contribution >= 0.6 is 11.3 Å². The van der Waals surface area contributed by atoms with E-state index in [1.807, 2.05) is 6.92 Å². The van der Waals surface area contributed by atoms with Crippen LogP contribution in [0.4, 0.5) is 11.6 Å². The van der Waals surface area contributed by atoms with Gasteiger partial charge in [0.15, 0.2) is 5.76 Å². The van der Waals surface area contributed by atoms with Gasteiger partial charge in [-0.2, -0.15) is 5.10 Å². The molecule has 10 nitrogen and oxygen atoms in total. The van der Waals surface area contributed by atoms with Crippen molar-refractivity contribution in [1.29, 1.82) is 0 Å². The molecule has 2 aromatic heterocycles. The van der Waals surface area contributed by atoms with Gasteiger partial charge in [0.1, 0.15) is 4.92 Å². The molecule has 0 fully saturated rings. The fraction of sp³-hybridized carbons (Fsp3) is 0.111. The Bertz CT molecular complexity index is 1190. The summed E-state index contributed by atoms with van der Waals surface area (Å²) in [5.74, 6) is -0.209. The molecule has 0 aliphatic carbocycles. The molecule has 0 aliphatic rings. The summed E-state index contributed by atoms with van der Waals surface area (Å²) in [6.07, 6.45) is 1.32. The van der Waals surface area contributed by atoms with E-state index in [0.717, 1.165) is 5.57 Å². The first kappa shape index (κ1) is 19.9. The van der Waals surface area contributed by atoms with Gasteiger partial charge in [0.25, 0.3) is 5.69 Å². The van der Waals surface area contributed by atoms with Gasteiger partial charge in [-0.1, -0.05) is 24.3 Å². The Labute approximate surface area is 168 Å². The maximum atomic E-state index is 11.1. The number of nitro groups is 2. The van der Waals surface area contributed by atoms with Crippen molar-refractivity contribution < 1.29 is 14.3 Å². The first-order valence-electron chi connectivity index (χ1n) is 8.24. The van der Waals surface area contributed by atoms with Crippen molar-refractivity contribution in [3.8, 4) is 11.3 Å². The van der Waals surface area contributed by atoms with Crippen molar-refractivity contribution in [2.45, 2.75) is 6.92 Å². The predicted molar refractivity (Wildman–Crippen MR) is 108 cm³/mol. The van der Waals surface area contributed by atoms with Crippen LogP contribution in [0.2, 0.25) is 0 Å². The molecule has 0 saturated heterocycles. The summed E-state index contributed by atoms with van der Waals surface area (Å²) in [7, 11) is 0. The Hall–Kier alpha value is -3.86. The zero-order chi connectivity index (χ0) is 21.0. The Balaban J connectivity index is 2.08. The van der Waals surface area contributed by atoms with E-state index in [-0.39, 0.29) is 11.4 Å². The summed E-state index contributed by atoms with van der Waals surface area (Å²) < 4.78 is 6.59. The number of aromatic nitrogens is 1. The van der Waals surface area contributed by atoms with Crippen molar-refractivity contribution in [2.24, 2.45) is 10.1 Å². The SMILES string of the molecule is C=C(C)CN=c1scc(-c2cccc([N+](=O)[O-])c2)n1N=Cc1ccc([N+](=O)[O-])o1. The molecule has 0 bridgehead atoms. The number of thiazole rings is 1. The molecule has 11 heteroatoms. The van der Waals surface area contributed by atoms with E-state index in [9.17, 15) is 20.2 Å². The smallest absolute Gasteiger partial charge is 0.400 e. The Morgan fingerprint density at radius 3 is 2.72 bits per heavy atom. The van der Waals surface area contributed by atoms with Crippen molar-refractivity contribution in [3.05, 3.63) is 84.7 Å². The van der Waals surface area contributed by atoms with Crippen molar-refractivity contribution in [3.63, 3.8) is 0 Å². The number of non-ortho nitro benzene ring substituents is 1. The van der Waals surface area contributed by atoms with E-state index in [4.69, 9.17) is 4.42 Å². The Morgan fingerprint density at radius 2 is 2.07 bits per heavy atom. The first-order valence-corrected chi connectivity index (χ1v) is 9.12. The predicted octanol–water partition coefficient (Wildman–Crippen LogP) is 3.99. The lowest BCUT2D eigenvalue weighted by atomic mass is 10.1. The zero-order valence-electron chi connectivity index (χ0n) is 15.2. The number of hydrogen-bond donors (Lipinski definition) is 0. The number of furan rings is 1. The minimum absolute atomic E-state index is 0.0497. The topological polar surface area (TPSA) is 129 Å². The molecule has 0 aliphatic heterocycles.